The Labute approximate surface area is 177 Å². The topological polar surface area (TPSA) is 18.5 Å². The van der Waals surface area contributed by atoms with Crippen LogP contribution in [0.25, 0.3) is 0 Å². The number of likely N-dealkylation sites (N-methyl/N-ethyl adjacent to an activating group) is 1. The standard InChI is InChI=1S/C26H36NO2/c1-7-9-11-13-15-16-18-20-22-28-24-26(23-27(4,5)6)29-25(3)21-19-17-14-12-10-8-2/h7-22,26H,1-3,23-24H2,4-6H3/q+1/b11-9+,12-10+,15-13+,17-14+,18-16+,21-19+,22-20-. The molecule has 0 amide bonds. The van der Waals surface area contributed by atoms with Crippen molar-refractivity contribution >= 4 is 0 Å². The van der Waals surface area contributed by atoms with Gasteiger partial charge in [-0.3, -0.25) is 0 Å². The van der Waals surface area contributed by atoms with E-state index < -0.39 is 0 Å². The van der Waals surface area contributed by atoms with Crippen LogP contribution in [0.2, 0.25) is 0 Å². The third-order valence-corrected chi connectivity index (χ3v) is 3.19. The molecule has 0 aliphatic carbocycles. The average Bonchev–Trinajstić information content (AvgIpc) is 2.64. The Morgan fingerprint density at radius 1 is 0.759 bits per heavy atom. The van der Waals surface area contributed by atoms with Gasteiger partial charge in [0.05, 0.1) is 27.4 Å². The van der Waals surface area contributed by atoms with Crippen molar-refractivity contribution in [2.24, 2.45) is 0 Å². The van der Waals surface area contributed by atoms with Crippen molar-refractivity contribution in [2.75, 3.05) is 34.3 Å². The van der Waals surface area contributed by atoms with Crippen LogP contribution in [0, 0.1) is 0 Å². The zero-order valence-corrected chi connectivity index (χ0v) is 18.1. The van der Waals surface area contributed by atoms with Crippen molar-refractivity contribution in [3.05, 3.63) is 123 Å². The van der Waals surface area contributed by atoms with Crippen molar-refractivity contribution in [1.82, 2.24) is 0 Å². The largest absolute Gasteiger partial charge is 0.497 e. The van der Waals surface area contributed by atoms with Crippen LogP contribution in [0.1, 0.15) is 0 Å². The lowest BCUT2D eigenvalue weighted by molar-refractivity contribution is -0.873. The lowest BCUT2D eigenvalue weighted by Gasteiger charge is -2.29. The molecule has 3 nitrogen and oxygen atoms in total. The van der Waals surface area contributed by atoms with E-state index in [1.165, 1.54) is 0 Å². The Kier molecular flexibility index (Phi) is 15.3. The number of rotatable bonds is 15. The Morgan fingerprint density at radius 3 is 1.76 bits per heavy atom. The lowest BCUT2D eigenvalue weighted by Crippen LogP contribution is -2.43. The van der Waals surface area contributed by atoms with Gasteiger partial charge in [0.15, 0.2) is 6.10 Å². The SMILES string of the molecule is C=C/C=C/C=C/C=C/C=C\OCC(C[N+](C)(C)C)OC(=C)/C=C/C=C/C=C/C=C. The van der Waals surface area contributed by atoms with E-state index in [0.29, 0.717) is 12.4 Å². The van der Waals surface area contributed by atoms with Gasteiger partial charge >= 0.3 is 0 Å². The Balaban J connectivity index is 4.55. The molecule has 0 heterocycles. The van der Waals surface area contributed by atoms with E-state index in [4.69, 9.17) is 9.47 Å². The summed E-state index contributed by atoms with van der Waals surface area (Å²) in [5.74, 6) is 0.603. The molecule has 0 N–H and O–H groups in total. The Bertz CT molecular complexity index is 680. The van der Waals surface area contributed by atoms with Crippen LogP contribution < -0.4 is 0 Å². The van der Waals surface area contributed by atoms with Crippen LogP contribution in [0.5, 0.6) is 0 Å². The molecule has 1 unspecified atom stereocenters. The van der Waals surface area contributed by atoms with Gasteiger partial charge in [-0.05, 0) is 12.2 Å². The van der Waals surface area contributed by atoms with Crippen molar-refractivity contribution in [1.29, 1.82) is 0 Å². The fourth-order valence-electron chi connectivity index (χ4n) is 2.09. The van der Waals surface area contributed by atoms with Gasteiger partial charge in [0.2, 0.25) is 0 Å². The van der Waals surface area contributed by atoms with E-state index in [1.807, 2.05) is 79.0 Å². The summed E-state index contributed by atoms with van der Waals surface area (Å²) in [6, 6.07) is 0. The molecule has 0 radical (unpaired) electrons. The molecule has 0 aliphatic heterocycles. The maximum Gasteiger partial charge on any atom is 0.181 e. The van der Waals surface area contributed by atoms with Crippen LogP contribution in [-0.2, 0) is 9.47 Å². The summed E-state index contributed by atoms with van der Waals surface area (Å²) in [6.07, 6.45) is 29.7. The molecule has 0 rings (SSSR count). The highest BCUT2D eigenvalue weighted by molar-refractivity contribution is 5.19. The summed E-state index contributed by atoms with van der Waals surface area (Å²) in [4.78, 5) is 0. The molecule has 0 aromatic rings. The minimum atomic E-state index is -0.102. The molecule has 0 saturated heterocycles. The van der Waals surface area contributed by atoms with Gasteiger partial charge in [-0.15, -0.1) is 0 Å². The molecule has 29 heavy (non-hydrogen) atoms. The second kappa shape index (κ2) is 17.1. The first-order valence-corrected chi connectivity index (χ1v) is 9.56. The maximum absolute atomic E-state index is 5.97. The van der Waals surface area contributed by atoms with Gasteiger partial charge in [-0.1, -0.05) is 98.7 Å². The molecule has 0 saturated carbocycles. The van der Waals surface area contributed by atoms with Gasteiger partial charge < -0.3 is 14.0 Å². The quantitative estimate of drug-likeness (QED) is 0.198. The first-order valence-electron chi connectivity index (χ1n) is 9.56. The van der Waals surface area contributed by atoms with Crippen molar-refractivity contribution < 1.29 is 14.0 Å². The predicted molar refractivity (Wildman–Crippen MR) is 127 cm³/mol. The molecule has 0 aliphatic rings. The molecule has 0 fully saturated rings. The summed E-state index contributed by atoms with van der Waals surface area (Å²) < 4.78 is 12.4. The fraction of sp³-hybridized carbons (Fsp3) is 0.231. The lowest BCUT2D eigenvalue weighted by atomic mass is 10.3. The number of hydrogen-bond donors (Lipinski definition) is 0. The minimum Gasteiger partial charge on any atom is -0.497 e. The maximum atomic E-state index is 5.97. The summed E-state index contributed by atoms with van der Waals surface area (Å²) in [7, 11) is 6.36. The normalized spacial score (nSPS) is 14.3. The summed E-state index contributed by atoms with van der Waals surface area (Å²) in [6.45, 7) is 12.5. The molecule has 0 aromatic heterocycles. The molecule has 156 valence electrons. The summed E-state index contributed by atoms with van der Waals surface area (Å²) >= 11 is 0. The fourth-order valence-corrected chi connectivity index (χ4v) is 2.09. The molecule has 0 spiro atoms. The van der Waals surface area contributed by atoms with Gasteiger partial charge in [0.25, 0.3) is 0 Å². The van der Waals surface area contributed by atoms with Crippen LogP contribution in [-0.4, -0.2) is 44.9 Å². The first kappa shape index (κ1) is 26.0. The highest BCUT2D eigenvalue weighted by Gasteiger charge is 2.20. The van der Waals surface area contributed by atoms with E-state index in [0.717, 1.165) is 11.0 Å². The van der Waals surface area contributed by atoms with Crippen LogP contribution in [0.3, 0.4) is 0 Å². The zero-order valence-electron chi connectivity index (χ0n) is 18.1. The third kappa shape index (κ3) is 19.5. The summed E-state index contributed by atoms with van der Waals surface area (Å²) in [5.41, 5.74) is 0. The van der Waals surface area contributed by atoms with E-state index in [1.54, 1.807) is 18.4 Å². The van der Waals surface area contributed by atoms with E-state index in [2.05, 4.69) is 40.9 Å². The van der Waals surface area contributed by atoms with Gasteiger partial charge in [0.1, 0.15) is 18.9 Å². The van der Waals surface area contributed by atoms with Crippen LogP contribution >= 0.6 is 0 Å². The predicted octanol–water partition coefficient (Wildman–Crippen LogP) is 5.83. The first-order chi connectivity index (χ1) is 13.9. The van der Waals surface area contributed by atoms with E-state index in [-0.39, 0.29) is 6.10 Å². The second-order valence-corrected chi connectivity index (χ2v) is 7.10. The highest BCUT2D eigenvalue weighted by atomic mass is 16.5. The van der Waals surface area contributed by atoms with Crippen molar-refractivity contribution in [3.63, 3.8) is 0 Å². The van der Waals surface area contributed by atoms with Crippen LogP contribution in [0.15, 0.2) is 123 Å². The van der Waals surface area contributed by atoms with Crippen molar-refractivity contribution in [2.45, 2.75) is 6.10 Å². The number of allylic oxidation sites excluding steroid dienone is 15. The van der Waals surface area contributed by atoms with Crippen LogP contribution in [0.4, 0.5) is 0 Å². The molecule has 1 atom stereocenters. The summed E-state index contributed by atoms with van der Waals surface area (Å²) in [5, 5.41) is 0. The zero-order chi connectivity index (χ0) is 21.8. The molecular formula is C26H36NO2+. The van der Waals surface area contributed by atoms with E-state index in [9.17, 15) is 0 Å². The monoisotopic (exact) mass is 394 g/mol. The number of nitrogens with zero attached hydrogens (tertiary/aromatic N) is 1. The average molecular weight is 395 g/mol. The molecule has 3 heteroatoms. The number of ether oxygens (including phenoxy) is 2. The van der Waals surface area contributed by atoms with E-state index >= 15 is 0 Å². The Morgan fingerprint density at radius 2 is 1.24 bits per heavy atom. The second-order valence-electron chi connectivity index (χ2n) is 7.10. The highest BCUT2D eigenvalue weighted by Crippen LogP contribution is 2.08. The smallest absolute Gasteiger partial charge is 0.181 e. The third-order valence-electron chi connectivity index (χ3n) is 3.19. The van der Waals surface area contributed by atoms with Gasteiger partial charge in [-0.2, -0.15) is 0 Å². The number of quaternary nitrogens is 1. The van der Waals surface area contributed by atoms with Gasteiger partial charge in [-0.25, -0.2) is 0 Å². The Hall–Kier alpha value is -3.04. The molecule has 0 aromatic carbocycles. The van der Waals surface area contributed by atoms with Gasteiger partial charge in [0, 0.05) is 0 Å². The molecule has 0 bridgehead atoms. The molecular weight excluding hydrogens is 358 g/mol. The van der Waals surface area contributed by atoms with Crippen molar-refractivity contribution in [3.8, 4) is 0 Å². The number of hydrogen-bond acceptors (Lipinski definition) is 2. The minimum absolute atomic E-state index is 0.102.